The fourth-order valence-electron chi connectivity index (χ4n) is 0.321. The molecule has 0 saturated carbocycles. The van der Waals surface area contributed by atoms with Crippen LogP contribution in [0.1, 0.15) is 19.8 Å². The third-order valence-corrected chi connectivity index (χ3v) is 0.734. The van der Waals surface area contributed by atoms with Crippen molar-refractivity contribution >= 4 is 51.4 Å². The summed E-state index contributed by atoms with van der Waals surface area (Å²) in [5.74, 6) is 0. The van der Waals surface area contributed by atoms with Gasteiger partial charge in [0.25, 0.3) is 0 Å². The van der Waals surface area contributed by atoms with Crippen molar-refractivity contribution in [2.75, 3.05) is 6.54 Å². The van der Waals surface area contributed by atoms with Crippen LogP contribution in [0.2, 0.25) is 0 Å². The number of nitrogens with zero attached hydrogens (tertiary/aromatic N) is 1. The van der Waals surface area contributed by atoms with E-state index in [1.165, 1.54) is 0 Å². The minimum absolute atomic E-state index is 0. The van der Waals surface area contributed by atoms with E-state index in [1.807, 2.05) is 6.19 Å². The average Bonchev–Trinajstić information content (AvgIpc) is 1.69. The minimum atomic E-state index is 0. The molecule has 0 aliphatic carbocycles. The van der Waals surface area contributed by atoms with Gasteiger partial charge in [0.2, 0.25) is 0 Å². The molecule has 0 aliphatic heterocycles. The van der Waals surface area contributed by atoms with Crippen LogP contribution in [0.15, 0.2) is 0 Å². The van der Waals surface area contributed by atoms with Crippen molar-refractivity contribution in [2.45, 2.75) is 19.8 Å². The number of nitrogens with one attached hydrogen (secondary N) is 1. The van der Waals surface area contributed by atoms with Crippen LogP contribution in [0, 0.1) is 11.5 Å². The summed E-state index contributed by atoms with van der Waals surface area (Å²) in [4.78, 5) is 0. The molecule has 0 radical (unpaired) electrons. The fraction of sp³-hybridized carbons (Fsp3) is 0.800. The summed E-state index contributed by atoms with van der Waals surface area (Å²) in [5.41, 5.74) is 0. The Bertz CT molecular complexity index is 67.3. The van der Waals surface area contributed by atoms with Crippen molar-refractivity contribution in [1.82, 2.24) is 5.32 Å². The zero-order valence-electron chi connectivity index (χ0n) is 4.57. The summed E-state index contributed by atoms with van der Waals surface area (Å²) in [6.45, 7) is 2.92. The molecule has 0 spiro atoms. The van der Waals surface area contributed by atoms with Crippen LogP contribution in [0.5, 0.6) is 0 Å². The quantitative estimate of drug-likeness (QED) is 0.262. The molecule has 0 rings (SSSR count). The number of hydrogen-bond acceptors (Lipinski definition) is 2. The molecule has 1 N–H and O–H groups in total. The molecule has 0 saturated heterocycles. The van der Waals surface area contributed by atoms with Gasteiger partial charge in [-0.15, -0.1) is 0 Å². The van der Waals surface area contributed by atoms with Crippen molar-refractivity contribution in [3.05, 3.63) is 0 Å². The molecule has 0 bridgehead atoms. The van der Waals surface area contributed by atoms with Crippen LogP contribution < -0.4 is 5.32 Å². The van der Waals surface area contributed by atoms with Gasteiger partial charge in [0.15, 0.2) is 6.19 Å². The molecule has 0 unspecified atom stereocenters. The Kier molecular flexibility index (Phi) is 15.8. The molecule has 8 heavy (non-hydrogen) atoms. The Morgan fingerprint density at radius 2 is 2.25 bits per heavy atom. The molecule has 0 aliphatic rings. The van der Waals surface area contributed by atoms with Crippen molar-refractivity contribution in [3.63, 3.8) is 0 Å². The van der Waals surface area contributed by atoms with Gasteiger partial charge in [0.05, 0.1) is 0 Å². The number of nitriles is 1. The molecule has 0 atom stereocenters. The maximum absolute atomic E-state index is 7.93. The van der Waals surface area contributed by atoms with Gasteiger partial charge in [-0.3, -0.25) is 0 Å². The van der Waals surface area contributed by atoms with E-state index in [4.69, 9.17) is 5.26 Å². The second-order valence-electron chi connectivity index (χ2n) is 1.39. The van der Waals surface area contributed by atoms with Gasteiger partial charge in [-0.05, 0) is 6.42 Å². The number of rotatable bonds is 3. The van der Waals surface area contributed by atoms with E-state index in [1.54, 1.807) is 0 Å². The van der Waals surface area contributed by atoms with E-state index in [0.29, 0.717) is 0 Å². The Morgan fingerprint density at radius 1 is 1.62 bits per heavy atom. The standard InChI is InChI=1S/C5H10N2.K.H/c1-2-3-4-7-5-6;;/h7H,2-4H2,1H3;;. The van der Waals surface area contributed by atoms with Gasteiger partial charge in [-0.2, -0.15) is 5.26 Å². The van der Waals surface area contributed by atoms with E-state index in [0.717, 1.165) is 19.4 Å². The molecule has 0 amide bonds. The van der Waals surface area contributed by atoms with Crippen LogP contribution >= 0.6 is 0 Å². The molecule has 42 valence electrons. The van der Waals surface area contributed by atoms with Crippen LogP contribution in [0.25, 0.3) is 0 Å². The Labute approximate surface area is 93.1 Å². The SMILES string of the molecule is CCCCNC#N.[KH]. The predicted octanol–water partition coefficient (Wildman–Crippen LogP) is 0.209. The monoisotopic (exact) mass is 138 g/mol. The zero-order valence-corrected chi connectivity index (χ0v) is 4.57. The Balaban J connectivity index is 0. The van der Waals surface area contributed by atoms with E-state index in [-0.39, 0.29) is 51.4 Å². The summed E-state index contributed by atoms with van der Waals surface area (Å²) >= 11 is 0. The molecule has 0 aromatic rings. The van der Waals surface area contributed by atoms with Gasteiger partial charge < -0.3 is 5.32 Å². The molecular formula is C5H11KN2. The van der Waals surface area contributed by atoms with E-state index < -0.39 is 0 Å². The number of hydrogen-bond donors (Lipinski definition) is 1. The summed E-state index contributed by atoms with van der Waals surface area (Å²) in [6, 6.07) is 0. The molecule has 0 aromatic carbocycles. The second kappa shape index (κ2) is 10.8. The van der Waals surface area contributed by atoms with Crippen molar-refractivity contribution < 1.29 is 0 Å². The van der Waals surface area contributed by atoms with Crippen molar-refractivity contribution in [2.24, 2.45) is 0 Å². The van der Waals surface area contributed by atoms with Crippen LogP contribution in [0.3, 0.4) is 0 Å². The van der Waals surface area contributed by atoms with E-state index >= 15 is 0 Å². The first-order valence-corrected chi connectivity index (χ1v) is 2.53. The van der Waals surface area contributed by atoms with Gasteiger partial charge in [-0.25, -0.2) is 0 Å². The van der Waals surface area contributed by atoms with Crippen LogP contribution in [-0.4, -0.2) is 57.9 Å². The Hall–Kier alpha value is 0.926. The number of unbranched alkanes of at least 4 members (excludes halogenated alkanes) is 1. The van der Waals surface area contributed by atoms with Gasteiger partial charge in [0, 0.05) is 6.54 Å². The average molecular weight is 138 g/mol. The van der Waals surface area contributed by atoms with Gasteiger partial charge >= 0.3 is 51.4 Å². The van der Waals surface area contributed by atoms with E-state index in [9.17, 15) is 0 Å². The summed E-state index contributed by atoms with van der Waals surface area (Å²) in [7, 11) is 0. The molecule has 2 nitrogen and oxygen atoms in total. The van der Waals surface area contributed by atoms with Crippen molar-refractivity contribution in [1.29, 1.82) is 5.26 Å². The molecule has 0 heterocycles. The predicted molar refractivity (Wildman–Crippen MR) is 35.7 cm³/mol. The first-order valence-electron chi connectivity index (χ1n) is 2.53. The van der Waals surface area contributed by atoms with Crippen LogP contribution in [0.4, 0.5) is 0 Å². The molecule has 3 heteroatoms. The normalized spacial score (nSPS) is 6.50. The topological polar surface area (TPSA) is 35.8 Å². The van der Waals surface area contributed by atoms with Crippen LogP contribution in [-0.2, 0) is 0 Å². The first-order chi connectivity index (χ1) is 3.41. The molecular weight excluding hydrogens is 127 g/mol. The van der Waals surface area contributed by atoms with Gasteiger partial charge in [0.1, 0.15) is 0 Å². The first kappa shape index (κ1) is 11.7. The summed E-state index contributed by atoms with van der Waals surface area (Å²) in [6.07, 6.45) is 4.09. The van der Waals surface area contributed by atoms with Crippen molar-refractivity contribution in [3.8, 4) is 6.19 Å². The molecule has 0 aromatic heterocycles. The summed E-state index contributed by atoms with van der Waals surface area (Å²) in [5, 5.41) is 10.5. The fourth-order valence-corrected chi connectivity index (χ4v) is 0.321. The van der Waals surface area contributed by atoms with E-state index in [2.05, 4.69) is 12.2 Å². The maximum atomic E-state index is 7.93. The Morgan fingerprint density at radius 3 is 2.62 bits per heavy atom. The molecule has 0 fully saturated rings. The third kappa shape index (κ3) is 10.0. The van der Waals surface area contributed by atoms with Gasteiger partial charge in [-0.1, -0.05) is 13.3 Å². The zero-order chi connectivity index (χ0) is 5.54. The second-order valence-corrected chi connectivity index (χ2v) is 1.39. The third-order valence-electron chi connectivity index (χ3n) is 0.734. The summed E-state index contributed by atoms with van der Waals surface area (Å²) < 4.78 is 0.